The lowest BCUT2D eigenvalue weighted by molar-refractivity contribution is -0.147. The van der Waals surface area contributed by atoms with Crippen LogP contribution in [0.1, 0.15) is 187 Å². The van der Waals surface area contributed by atoms with Crippen LogP contribution in [0, 0.1) is 0 Å². The summed E-state index contributed by atoms with van der Waals surface area (Å²) in [6, 6.07) is 0. The number of carbonyl (C=O) groups is 2. The van der Waals surface area contributed by atoms with Crippen LogP contribution >= 0.6 is 7.82 Å². The molecule has 0 spiro atoms. The molecule has 0 rings (SSSR count). The van der Waals surface area contributed by atoms with Crippen LogP contribution in [0.3, 0.4) is 0 Å². The van der Waals surface area contributed by atoms with Crippen molar-refractivity contribution < 1.29 is 37.9 Å². The summed E-state index contributed by atoms with van der Waals surface area (Å²) in [4.78, 5) is 33.9. The molecule has 0 aliphatic carbocycles. The molecule has 0 aliphatic heterocycles. The van der Waals surface area contributed by atoms with E-state index in [9.17, 15) is 24.2 Å². The number of aliphatic hydroxyl groups excluding tert-OH is 1. The molecule has 0 saturated heterocycles. The SMILES string of the molecule is CCCCC/C=C\C/C=C\C/C=C\C/C=C\CCCCCCCCCC(=O)OCC(O)COP(=O)(O)OCCNC(=O)CCCCCCC/C=C\CCCCC. The lowest BCUT2D eigenvalue weighted by Gasteiger charge is -2.15. The number of allylic oxidation sites excluding steroid dienone is 10. The first-order chi connectivity index (χ1) is 27.3. The van der Waals surface area contributed by atoms with Crippen LogP contribution in [0.4, 0.5) is 0 Å². The molecule has 10 heteroatoms. The van der Waals surface area contributed by atoms with Gasteiger partial charge in [-0.2, -0.15) is 0 Å². The Morgan fingerprint density at radius 3 is 1.46 bits per heavy atom. The third kappa shape index (κ3) is 42.8. The maximum Gasteiger partial charge on any atom is 0.472 e. The average Bonchev–Trinajstić information content (AvgIpc) is 3.18. The number of carbonyl (C=O) groups excluding carboxylic acids is 2. The molecule has 2 atom stereocenters. The van der Waals surface area contributed by atoms with Crippen LogP contribution in [-0.4, -0.2) is 54.3 Å². The number of amides is 1. The van der Waals surface area contributed by atoms with E-state index in [1.54, 1.807) is 0 Å². The summed E-state index contributed by atoms with van der Waals surface area (Å²) in [6.45, 7) is 3.47. The van der Waals surface area contributed by atoms with Gasteiger partial charge in [0.25, 0.3) is 0 Å². The second-order valence-electron chi connectivity index (χ2n) is 14.7. The lowest BCUT2D eigenvalue weighted by Crippen LogP contribution is -2.27. The predicted molar refractivity (Wildman–Crippen MR) is 233 cm³/mol. The molecule has 0 fully saturated rings. The monoisotopic (exact) mass is 808 g/mol. The van der Waals surface area contributed by atoms with E-state index < -0.39 is 26.5 Å². The Morgan fingerprint density at radius 1 is 0.554 bits per heavy atom. The normalized spacial score (nSPS) is 13.9. The van der Waals surface area contributed by atoms with E-state index in [1.165, 1.54) is 77.0 Å². The maximum atomic E-state index is 12.1. The number of aliphatic hydroxyl groups is 1. The first-order valence-corrected chi connectivity index (χ1v) is 23.8. The Hall–Kier alpha value is -2.29. The zero-order chi connectivity index (χ0) is 41.1. The summed E-state index contributed by atoms with van der Waals surface area (Å²) in [5.41, 5.74) is 0. The first-order valence-electron chi connectivity index (χ1n) is 22.3. The maximum absolute atomic E-state index is 12.1. The van der Waals surface area contributed by atoms with Crippen LogP contribution in [0.25, 0.3) is 0 Å². The van der Waals surface area contributed by atoms with Gasteiger partial charge in [-0.1, -0.05) is 152 Å². The molecule has 0 aromatic heterocycles. The summed E-state index contributed by atoms with van der Waals surface area (Å²) in [5, 5.41) is 12.7. The molecule has 0 aromatic carbocycles. The van der Waals surface area contributed by atoms with Crippen LogP contribution in [0.5, 0.6) is 0 Å². The second-order valence-corrected chi connectivity index (χ2v) is 16.1. The molecule has 1 amide bonds. The highest BCUT2D eigenvalue weighted by molar-refractivity contribution is 7.47. The van der Waals surface area contributed by atoms with Crippen LogP contribution < -0.4 is 5.32 Å². The number of ether oxygens (including phenoxy) is 1. The minimum atomic E-state index is -4.42. The Balaban J connectivity index is 3.63. The highest BCUT2D eigenvalue weighted by Gasteiger charge is 2.23. The molecular formula is C46H82NO8P. The quantitative estimate of drug-likeness (QED) is 0.0241. The van der Waals surface area contributed by atoms with E-state index in [-0.39, 0.29) is 32.1 Å². The Kier molecular flexibility index (Phi) is 40.6. The minimum absolute atomic E-state index is 0.0737. The van der Waals surface area contributed by atoms with E-state index in [4.69, 9.17) is 13.8 Å². The van der Waals surface area contributed by atoms with Gasteiger partial charge in [-0.3, -0.25) is 18.6 Å². The van der Waals surface area contributed by atoms with Gasteiger partial charge in [0.05, 0.1) is 13.2 Å². The van der Waals surface area contributed by atoms with Crippen molar-refractivity contribution in [2.75, 3.05) is 26.4 Å². The van der Waals surface area contributed by atoms with E-state index in [0.29, 0.717) is 6.42 Å². The largest absolute Gasteiger partial charge is 0.472 e. The lowest BCUT2D eigenvalue weighted by atomic mass is 10.1. The first kappa shape index (κ1) is 53.7. The highest BCUT2D eigenvalue weighted by Crippen LogP contribution is 2.42. The fourth-order valence-electron chi connectivity index (χ4n) is 5.77. The number of phosphoric acid groups is 1. The summed E-state index contributed by atoms with van der Waals surface area (Å²) < 4.78 is 26.9. The van der Waals surface area contributed by atoms with Gasteiger partial charge in [-0.25, -0.2) is 4.57 Å². The van der Waals surface area contributed by atoms with Gasteiger partial charge in [0.2, 0.25) is 5.91 Å². The van der Waals surface area contributed by atoms with Gasteiger partial charge in [0.1, 0.15) is 12.7 Å². The molecule has 0 heterocycles. The number of esters is 1. The summed E-state index contributed by atoms with van der Waals surface area (Å²) >= 11 is 0. The Bertz CT molecular complexity index is 1100. The Morgan fingerprint density at radius 2 is 0.964 bits per heavy atom. The zero-order valence-electron chi connectivity index (χ0n) is 35.6. The third-order valence-electron chi connectivity index (χ3n) is 9.17. The van der Waals surface area contributed by atoms with Gasteiger partial charge >= 0.3 is 13.8 Å². The standard InChI is InChI=1S/C46H82NO8P/c1-3-5-7-9-11-13-15-17-18-19-20-21-22-23-24-25-26-27-29-31-33-35-37-39-46(50)53-42-44(48)43-55-56(51,52)54-41-40-47-45(49)38-36-34-32-30-28-16-14-12-10-8-6-4-2/h11-14,17-18,20-21,23-24,44,48H,3-10,15-16,19,22,25-43H2,1-2H3,(H,47,49)(H,51,52)/b13-11-,14-12-,18-17-,21-20-,24-23-. The van der Waals surface area contributed by atoms with Gasteiger partial charge in [0, 0.05) is 19.4 Å². The van der Waals surface area contributed by atoms with Crippen molar-refractivity contribution in [1.29, 1.82) is 0 Å². The van der Waals surface area contributed by atoms with E-state index in [1.807, 2.05) is 0 Å². The van der Waals surface area contributed by atoms with Crippen molar-refractivity contribution in [1.82, 2.24) is 5.32 Å². The molecule has 0 saturated carbocycles. The zero-order valence-corrected chi connectivity index (χ0v) is 36.5. The number of hydrogen-bond acceptors (Lipinski definition) is 7. The van der Waals surface area contributed by atoms with Crippen molar-refractivity contribution in [3.05, 3.63) is 60.8 Å². The molecule has 9 nitrogen and oxygen atoms in total. The van der Waals surface area contributed by atoms with Crippen molar-refractivity contribution >= 4 is 19.7 Å². The van der Waals surface area contributed by atoms with Crippen LogP contribution in [0.2, 0.25) is 0 Å². The molecule has 0 radical (unpaired) electrons. The molecule has 2 unspecified atom stereocenters. The molecule has 3 N–H and O–H groups in total. The number of hydrogen-bond donors (Lipinski definition) is 3. The van der Waals surface area contributed by atoms with E-state index in [2.05, 4.69) is 79.9 Å². The third-order valence-corrected chi connectivity index (χ3v) is 10.2. The summed E-state index contributed by atoms with van der Waals surface area (Å²) in [5.74, 6) is -0.539. The number of unbranched alkanes of at least 4 members (excludes halogenated alkanes) is 18. The second kappa shape index (κ2) is 42.3. The molecule has 56 heavy (non-hydrogen) atoms. The fraction of sp³-hybridized carbons (Fsp3) is 0.739. The van der Waals surface area contributed by atoms with E-state index in [0.717, 1.165) is 83.5 Å². The Labute approximate surface area is 342 Å². The fourth-order valence-corrected chi connectivity index (χ4v) is 6.53. The number of rotatable bonds is 41. The van der Waals surface area contributed by atoms with Gasteiger partial charge in [-0.15, -0.1) is 0 Å². The molecule has 0 aromatic rings. The summed E-state index contributed by atoms with van der Waals surface area (Å²) in [7, 11) is -4.42. The van der Waals surface area contributed by atoms with Gasteiger partial charge < -0.3 is 20.1 Å². The van der Waals surface area contributed by atoms with Crippen LogP contribution in [0.15, 0.2) is 60.8 Å². The van der Waals surface area contributed by atoms with Crippen molar-refractivity contribution in [2.45, 2.75) is 193 Å². The van der Waals surface area contributed by atoms with Gasteiger partial charge in [-0.05, 0) is 83.5 Å². The molecule has 0 aliphatic rings. The highest BCUT2D eigenvalue weighted by atomic mass is 31.2. The summed E-state index contributed by atoms with van der Waals surface area (Å²) in [6.07, 6.45) is 50.1. The average molecular weight is 808 g/mol. The predicted octanol–water partition coefficient (Wildman–Crippen LogP) is 12.5. The van der Waals surface area contributed by atoms with Crippen molar-refractivity contribution in [3.8, 4) is 0 Å². The number of phosphoric ester groups is 1. The topological polar surface area (TPSA) is 131 Å². The van der Waals surface area contributed by atoms with Crippen LogP contribution in [-0.2, 0) is 27.9 Å². The van der Waals surface area contributed by atoms with Crippen molar-refractivity contribution in [3.63, 3.8) is 0 Å². The number of nitrogens with one attached hydrogen (secondary N) is 1. The van der Waals surface area contributed by atoms with E-state index >= 15 is 0 Å². The molecule has 324 valence electrons. The molecular weight excluding hydrogens is 725 g/mol. The van der Waals surface area contributed by atoms with Crippen molar-refractivity contribution in [2.24, 2.45) is 0 Å². The smallest absolute Gasteiger partial charge is 0.463 e. The molecule has 0 bridgehead atoms. The van der Waals surface area contributed by atoms with Gasteiger partial charge in [0.15, 0.2) is 0 Å². The minimum Gasteiger partial charge on any atom is -0.463 e.